The third-order valence-electron chi connectivity index (χ3n) is 19.3. The van der Waals surface area contributed by atoms with Gasteiger partial charge in [-0.1, -0.05) is 58.9 Å². The number of halogens is 6. The molecular weight excluding hydrogens is 1420 g/mol. The molecule has 0 spiro atoms. The number of ether oxygens (including phenoxy) is 4. The van der Waals surface area contributed by atoms with Crippen LogP contribution in [0.25, 0.3) is 67.1 Å². The van der Waals surface area contributed by atoms with Crippen molar-refractivity contribution in [2.75, 3.05) is 76.2 Å². The standard InChI is InChI=1S/C24H30FN5O3.C23H27BrFN5O2.C13H8BrClFN3O.C10H20N2O/c1-13-9-16(27-17-6-8-32-12-17)5-7-30(13)23-21(24-26-15(3)29-33-24)14(2)19-10-18(31-4)11-20(25)22(19)28-23;1-12-8-16(27-17-5-7-31-11-17)4-6-30(12)22-20(23-26-14(3)29-32-23)13(2)18-9-15(24)10-19(25)21(18)28-22;1-5-8-3-7(14)4-9(16)11(8)18-12(15)10(5)13-17-6(2)19-20-13;1-8-6-9(2-4-11-8)12-10-3-5-13-7-10/h10-11,13,16-17,27H,5-9,12H2,1-4H3;9-10,12,16-17,27H,4-8,11H2,1-3H3;3-4H,1-2H3;8-12H,2-7H2,1H3/t13-,16+,17+;12-,16+,17+;;8-,9+,10+/m11.1/s1. The molecule has 6 aliphatic heterocycles. The number of hydrogen-bond acceptors (Lipinski definition) is 22. The fourth-order valence-corrected chi connectivity index (χ4v) is 15.5. The first-order valence-corrected chi connectivity index (χ1v) is 35.7. The number of hydrogen-bond donors (Lipinski definition) is 4. The van der Waals surface area contributed by atoms with Crippen LogP contribution in [0.3, 0.4) is 0 Å². The van der Waals surface area contributed by atoms with Crippen molar-refractivity contribution in [1.82, 2.24) is 66.6 Å². The molecular formula is C70H85Br2ClF3N15O7. The van der Waals surface area contributed by atoms with E-state index in [1.807, 2.05) is 26.8 Å². The van der Waals surface area contributed by atoms with Crippen molar-refractivity contribution < 1.29 is 45.7 Å². The third kappa shape index (κ3) is 16.3. The zero-order valence-corrected chi connectivity index (χ0v) is 60.9. The molecule has 524 valence electrons. The number of aromatic nitrogens is 9. The first kappa shape index (κ1) is 71.3. The summed E-state index contributed by atoms with van der Waals surface area (Å²) in [4.78, 5) is 31.4. The minimum absolute atomic E-state index is 0.139. The van der Waals surface area contributed by atoms with Crippen molar-refractivity contribution >= 4 is 87.8 Å². The Kier molecular flexibility index (Phi) is 23.0. The fraction of sp³-hybridized carbons (Fsp3) is 0.529. The van der Waals surface area contributed by atoms with Crippen molar-refractivity contribution in [2.24, 2.45) is 0 Å². The van der Waals surface area contributed by atoms with Gasteiger partial charge in [-0.2, -0.15) is 15.0 Å². The van der Waals surface area contributed by atoms with Gasteiger partial charge in [0.1, 0.15) is 39.1 Å². The molecule has 9 aromatic rings. The summed E-state index contributed by atoms with van der Waals surface area (Å²) in [5.74, 6) is 3.32. The lowest BCUT2D eigenvalue weighted by Gasteiger charge is -2.40. The Morgan fingerprint density at radius 1 is 0.500 bits per heavy atom. The number of benzene rings is 3. The Bertz CT molecular complexity index is 4280. The molecule has 0 radical (unpaired) electrons. The van der Waals surface area contributed by atoms with Gasteiger partial charge in [0, 0.05) is 118 Å². The minimum Gasteiger partial charge on any atom is -0.497 e. The number of aryl methyl sites for hydroxylation is 6. The molecule has 22 nitrogen and oxygen atoms in total. The van der Waals surface area contributed by atoms with Crippen LogP contribution < -0.4 is 35.8 Å². The van der Waals surface area contributed by atoms with Crippen LogP contribution in [0.15, 0.2) is 58.9 Å². The van der Waals surface area contributed by atoms with Gasteiger partial charge >= 0.3 is 0 Å². The zero-order valence-electron chi connectivity index (χ0n) is 56.9. The quantitative estimate of drug-likeness (QED) is 0.0830. The largest absolute Gasteiger partial charge is 0.497 e. The molecule has 6 saturated heterocycles. The third-order valence-corrected chi connectivity index (χ3v) is 20.5. The van der Waals surface area contributed by atoms with Crippen LogP contribution in [-0.2, 0) is 14.2 Å². The van der Waals surface area contributed by atoms with E-state index in [1.165, 1.54) is 44.6 Å². The molecule has 6 aliphatic rings. The first-order valence-electron chi connectivity index (χ1n) is 33.8. The zero-order chi connectivity index (χ0) is 69.1. The number of anilines is 2. The maximum Gasteiger partial charge on any atom is 0.261 e. The van der Waals surface area contributed by atoms with E-state index in [1.54, 1.807) is 32.9 Å². The number of piperidine rings is 3. The summed E-state index contributed by atoms with van der Waals surface area (Å²) in [6.07, 6.45) is 9.72. The van der Waals surface area contributed by atoms with Crippen LogP contribution in [0.4, 0.5) is 24.8 Å². The summed E-state index contributed by atoms with van der Waals surface area (Å²) in [5, 5.41) is 28.5. The molecule has 0 unspecified atom stereocenters. The summed E-state index contributed by atoms with van der Waals surface area (Å²) < 4.78 is 83.1. The molecule has 0 aliphatic carbocycles. The number of pyridine rings is 3. The summed E-state index contributed by atoms with van der Waals surface area (Å²) in [6.45, 7) is 25.5. The van der Waals surface area contributed by atoms with Crippen LogP contribution in [0, 0.1) is 59.0 Å². The van der Waals surface area contributed by atoms with E-state index in [4.69, 9.17) is 54.1 Å². The summed E-state index contributed by atoms with van der Waals surface area (Å²) in [7, 11) is 1.53. The van der Waals surface area contributed by atoms with Crippen molar-refractivity contribution in [1.29, 1.82) is 0 Å². The Hall–Kier alpha value is -6.53. The van der Waals surface area contributed by atoms with Gasteiger partial charge in [-0.15, -0.1) is 0 Å². The van der Waals surface area contributed by atoms with Crippen molar-refractivity contribution in [3.8, 4) is 40.1 Å². The van der Waals surface area contributed by atoms with Crippen molar-refractivity contribution in [3.05, 3.63) is 102 Å². The molecule has 0 amide bonds. The highest BCUT2D eigenvalue weighted by Crippen LogP contribution is 2.43. The van der Waals surface area contributed by atoms with Gasteiger partial charge in [0.2, 0.25) is 0 Å². The molecule has 0 saturated carbocycles. The second kappa shape index (κ2) is 31.6. The lowest BCUT2D eigenvalue weighted by atomic mass is 9.95. The van der Waals surface area contributed by atoms with Gasteiger partial charge in [-0.05, 0) is 174 Å². The van der Waals surface area contributed by atoms with Crippen LogP contribution in [0.2, 0.25) is 5.15 Å². The Balaban J connectivity index is 0.000000131. The molecule has 98 heavy (non-hydrogen) atoms. The highest BCUT2D eigenvalue weighted by Gasteiger charge is 2.36. The molecule has 28 heteroatoms. The number of methoxy groups -OCH3 is 1. The molecule has 3 aromatic carbocycles. The lowest BCUT2D eigenvalue weighted by molar-refractivity contribution is 0.185. The molecule has 15 rings (SSSR count). The molecule has 6 fully saturated rings. The van der Waals surface area contributed by atoms with Gasteiger partial charge < -0.3 is 63.6 Å². The molecule has 12 heterocycles. The molecule has 9 atom stereocenters. The van der Waals surface area contributed by atoms with E-state index in [2.05, 4.69) is 119 Å². The highest BCUT2D eigenvalue weighted by molar-refractivity contribution is 9.10. The SMILES string of the molecule is COc1cc(F)c2nc(N3CC[C@H](N[C@H]4CCOC4)C[C@H]3C)c(-c3nc(C)no3)c(C)c2c1.C[C@@H]1C[C@@H](N[C@H]2CCOC2)CCN1.Cc1noc(-c2c(Cl)nc3c(F)cc(Br)cc3c2C)n1.Cc1noc(-c2c(N3CC[C@H](N[C@H]4CCOC4)C[C@H]3C)nc3c(F)cc(Br)cc3c2C)n1. The monoisotopic (exact) mass is 1500 g/mol. The Morgan fingerprint density at radius 2 is 0.898 bits per heavy atom. The van der Waals surface area contributed by atoms with Gasteiger partial charge in [0.25, 0.3) is 17.7 Å². The number of nitrogens with one attached hydrogen (secondary N) is 4. The van der Waals surface area contributed by atoms with Crippen LogP contribution in [-0.4, -0.2) is 166 Å². The summed E-state index contributed by atoms with van der Waals surface area (Å²) in [6, 6.07) is 13.8. The minimum atomic E-state index is -0.437. The average Bonchev–Trinajstić information content (AvgIpc) is 1.06. The van der Waals surface area contributed by atoms with Crippen LogP contribution in [0.5, 0.6) is 5.75 Å². The summed E-state index contributed by atoms with van der Waals surface area (Å²) >= 11 is 12.8. The predicted octanol–water partition coefficient (Wildman–Crippen LogP) is 13.3. The van der Waals surface area contributed by atoms with Crippen molar-refractivity contribution in [3.63, 3.8) is 0 Å². The van der Waals surface area contributed by atoms with Gasteiger partial charge in [0.05, 0.1) is 43.6 Å². The number of rotatable bonds is 12. The Labute approximate surface area is 589 Å². The van der Waals surface area contributed by atoms with Gasteiger partial charge in [-0.3, -0.25) is 0 Å². The maximum atomic E-state index is 15.1. The topological polar surface area (TPSA) is 247 Å². The Morgan fingerprint density at radius 3 is 1.29 bits per heavy atom. The van der Waals surface area contributed by atoms with E-state index in [-0.39, 0.29) is 34.5 Å². The van der Waals surface area contributed by atoms with Crippen molar-refractivity contribution in [2.45, 2.75) is 174 Å². The highest BCUT2D eigenvalue weighted by atomic mass is 79.9. The second-order valence-corrected chi connectivity index (χ2v) is 28.8. The molecule has 4 N–H and O–H groups in total. The average molecular weight is 1500 g/mol. The van der Waals surface area contributed by atoms with E-state index in [0.717, 1.165) is 131 Å². The molecule has 0 bridgehead atoms. The molecule has 6 aromatic heterocycles. The smallest absolute Gasteiger partial charge is 0.261 e. The predicted molar refractivity (Wildman–Crippen MR) is 378 cm³/mol. The first-order chi connectivity index (χ1) is 47.2. The van der Waals surface area contributed by atoms with E-state index >= 15 is 4.39 Å². The lowest BCUT2D eigenvalue weighted by Crippen LogP contribution is -2.50. The second-order valence-electron chi connectivity index (χ2n) is 26.6. The van der Waals surface area contributed by atoms with E-state index in [0.29, 0.717) is 125 Å². The van der Waals surface area contributed by atoms with E-state index < -0.39 is 11.6 Å². The van der Waals surface area contributed by atoms with Crippen LogP contribution >= 0.6 is 43.5 Å². The van der Waals surface area contributed by atoms with Gasteiger partial charge in [-0.25, -0.2) is 28.1 Å². The fourth-order valence-electron chi connectivity index (χ4n) is 14.3. The van der Waals surface area contributed by atoms with E-state index in [9.17, 15) is 8.78 Å². The number of nitrogens with zero attached hydrogens (tertiary/aromatic N) is 11. The summed E-state index contributed by atoms with van der Waals surface area (Å²) in [5.41, 5.74) is 5.40. The van der Waals surface area contributed by atoms with Crippen LogP contribution in [0.1, 0.15) is 113 Å². The normalized spacial score (nSPS) is 23.4. The van der Waals surface area contributed by atoms with Gasteiger partial charge in [0.15, 0.2) is 34.9 Å². The maximum absolute atomic E-state index is 15.1. The number of fused-ring (bicyclic) bond motifs is 3.